The Hall–Kier alpha value is -2.77. The minimum atomic E-state index is 0.0809. The van der Waals surface area contributed by atoms with Crippen molar-refractivity contribution in [2.24, 2.45) is 11.1 Å². The van der Waals surface area contributed by atoms with E-state index in [-0.39, 0.29) is 23.7 Å². The summed E-state index contributed by atoms with van der Waals surface area (Å²) in [6, 6.07) is 3.76. The Labute approximate surface area is 243 Å². The average Bonchev–Trinajstić information content (AvgIpc) is 3.58. The Morgan fingerprint density at radius 2 is 1.93 bits per heavy atom. The number of aromatic nitrogens is 5. The van der Waals surface area contributed by atoms with Gasteiger partial charge in [0.25, 0.3) is 0 Å². The van der Waals surface area contributed by atoms with Gasteiger partial charge in [0, 0.05) is 62.0 Å². The lowest BCUT2D eigenvalue weighted by molar-refractivity contribution is 0.0974. The molecule has 3 aromatic rings. The zero-order valence-electron chi connectivity index (χ0n) is 22.7. The molecule has 0 saturated carbocycles. The van der Waals surface area contributed by atoms with Crippen LogP contribution in [-0.2, 0) is 9.47 Å². The molecule has 212 valence electrons. The minimum Gasteiger partial charge on any atom is -0.380 e. The highest BCUT2D eigenvalue weighted by atomic mass is 35.5. The number of nitrogens with one attached hydrogen (secondary N) is 1. The van der Waals surface area contributed by atoms with E-state index in [2.05, 4.69) is 42.0 Å². The molecule has 13 heteroatoms. The summed E-state index contributed by atoms with van der Waals surface area (Å²) in [7, 11) is 1.73. The maximum atomic E-state index is 6.75. The van der Waals surface area contributed by atoms with Crippen molar-refractivity contribution in [3.8, 4) is 0 Å². The molecule has 3 fully saturated rings. The van der Waals surface area contributed by atoms with E-state index in [1.807, 2.05) is 12.3 Å². The van der Waals surface area contributed by atoms with Gasteiger partial charge in [-0.1, -0.05) is 23.4 Å². The normalized spacial score (nSPS) is 24.1. The van der Waals surface area contributed by atoms with Gasteiger partial charge in [0.1, 0.15) is 16.7 Å². The van der Waals surface area contributed by atoms with Gasteiger partial charge >= 0.3 is 0 Å². The van der Waals surface area contributed by atoms with Crippen LogP contribution in [0.4, 0.5) is 23.4 Å². The van der Waals surface area contributed by atoms with E-state index >= 15 is 0 Å². The number of anilines is 4. The van der Waals surface area contributed by atoms with Crippen molar-refractivity contribution in [2.45, 2.75) is 54.4 Å². The summed E-state index contributed by atoms with van der Waals surface area (Å²) in [6.45, 7) is 6.23. The number of hydrogen-bond acceptors (Lipinski definition) is 12. The van der Waals surface area contributed by atoms with Crippen LogP contribution < -0.4 is 20.9 Å². The summed E-state index contributed by atoms with van der Waals surface area (Å²) in [5.74, 6) is 2.66. The predicted octanol–water partition coefficient (Wildman–Crippen LogP) is 3.77. The van der Waals surface area contributed by atoms with Gasteiger partial charge in [-0.25, -0.2) is 19.9 Å². The van der Waals surface area contributed by atoms with Crippen LogP contribution in [0.2, 0.25) is 5.02 Å². The number of methoxy groups -OCH3 is 1. The Bertz CT molecular complexity index is 1330. The predicted molar refractivity (Wildman–Crippen MR) is 156 cm³/mol. The summed E-state index contributed by atoms with van der Waals surface area (Å²) in [5.41, 5.74) is 6.55. The molecular formula is C27H34ClN9O2S. The van der Waals surface area contributed by atoms with Crippen LogP contribution in [0.1, 0.15) is 26.2 Å². The largest absolute Gasteiger partial charge is 0.380 e. The third-order valence-electron chi connectivity index (χ3n) is 8.26. The molecule has 0 aromatic carbocycles. The fourth-order valence-electron chi connectivity index (χ4n) is 5.68. The highest BCUT2D eigenvalue weighted by Crippen LogP contribution is 2.42. The van der Waals surface area contributed by atoms with Gasteiger partial charge in [-0.3, -0.25) is 0 Å². The molecule has 6 rings (SSSR count). The molecule has 3 saturated heterocycles. The van der Waals surface area contributed by atoms with Gasteiger partial charge in [0.2, 0.25) is 5.95 Å². The van der Waals surface area contributed by atoms with Gasteiger partial charge in [-0.05, 0) is 38.3 Å². The summed E-state index contributed by atoms with van der Waals surface area (Å²) >= 11 is 8.20. The molecule has 11 nitrogen and oxygen atoms in total. The molecule has 3 aliphatic rings. The minimum absolute atomic E-state index is 0.0809. The second kappa shape index (κ2) is 11.6. The summed E-state index contributed by atoms with van der Waals surface area (Å²) in [6.07, 6.45) is 10.3. The van der Waals surface area contributed by atoms with Crippen molar-refractivity contribution >= 4 is 46.8 Å². The highest BCUT2D eigenvalue weighted by Gasteiger charge is 2.47. The van der Waals surface area contributed by atoms with E-state index < -0.39 is 0 Å². The second-order valence-electron chi connectivity index (χ2n) is 10.6. The van der Waals surface area contributed by atoms with Crippen LogP contribution in [0.25, 0.3) is 0 Å². The zero-order valence-corrected chi connectivity index (χ0v) is 24.2. The average molecular weight is 584 g/mol. The molecule has 0 radical (unpaired) electrons. The molecule has 1 spiro atoms. The first kappa shape index (κ1) is 27.4. The third-order valence-corrected chi connectivity index (χ3v) is 9.74. The number of nitrogens with two attached hydrogens (primary N) is 1. The van der Waals surface area contributed by atoms with Crippen molar-refractivity contribution in [1.29, 1.82) is 0 Å². The van der Waals surface area contributed by atoms with Crippen molar-refractivity contribution in [3.05, 3.63) is 41.9 Å². The molecule has 0 aliphatic carbocycles. The number of pyridine rings is 1. The van der Waals surface area contributed by atoms with E-state index in [9.17, 15) is 0 Å². The van der Waals surface area contributed by atoms with Crippen LogP contribution in [0.3, 0.4) is 0 Å². The number of nitrogens with zero attached hydrogens (tertiary/aromatic N) is 7. The molecule has 0 bridgehead atoms. The fourth-order valence-corrected chi connectivity index (χ4v) is 6.70. The van der Waals surface area contributed by atoms with Gasteiger partial charge < -0.3 is 30.3 Å². The summed E-state index contributed by atoms with van der Waals surface area (Å²) in [5, 5.41) is 4.48. The Balaban J connectivity index is 1.09. The standard InChI is InChI=1S/C27H34ClN9O2S/c1-17-24(29)27(16-39-17)6-11-36(12-7-27)21-13-33-22(14-32-21)40-19-3-8-30-25(23(19)28)34-20-4-9-31-26(35-20)37-10-5-18(15-37)38-2/h3-4,8-9,13-14,17-18,24H,5-7,10-12,15-16,29H2,1-2H3,(H,30,31,34,35)/t17-,18-,24+/m0/s1. The quantitative estimate of drug-likeness (QED) is 0.420. The van der Waals surface area contributed by atoms with Crippen molar-refractivity contribution in [3.63, 3.8) is 0 Å². The lowest BCUT2D eigenvalue weighted by Gasteiger charge is -2.41. The fraction of sp³-hybridized carbons (Fsp3) is 0.519. The topological polar surface area (TPSA) is 127 Å². The van der Waals surface area contributed by atoms with Crippen molar-refractivity contribution in [1.82, 2.24) is 24.9 Å². The molecule has 3 atom stereocenters. The molecule has 40 heavy (non-hydrogen) atoms. The van der Waals surface area contributed by atoms with E-state index in [1.54, 1.807) is 31.8 Å². The lowest BCUT2D eigenvalue weighted by atomic mass is 9.73. The molecule has 3 N–H and O–H groups in total. The molecule has 3 aliphatic heterocycles. The van der Waals surface area contributed by atoms with Crippen LogP contribution in [-0.4, -0.2) is 83.1 Å². The molecule has 3 aromatic heterocycles. The van der Waals surface area contributed by atoms with Gasteiger partial charge in [0.15, 0.2) is 5.82 Å². The Morgan fingerprint density at radius 3 is 2.62 bits per heavy atom. The lowest BCUT2D eigenvalue weighted by Crippen LogP contribution is -2.50. The number of rotatable bonds is 7. The van der Waals surface area contributed by atoms with Gasteiger partial charge in [-0.2, -0.15) is 4.98 Å². The number of piperidine rings is 1. The van der Waals surface area contributed by atoms with Gasteiger partial charge in [0.05, 0.1) is 36.2 Å². The molecule has 0 amide bonds. The van der Waals surface area contributed by atoms with Crippen LogP contribution in [0, 0.1) is 5.41 Å². The molecular weight excluding hydrogens is 550 g/mol. The van der Waals surface area contributed by atoms with Crippen LogP contribution in [0.15, 0.2) is 46.8 Å². The van der Waals surface area contributed by atoms with E-state index in [1.165, 1.54) is 11.8 Å². The number of halogens is 1. The zero-order chi connectivity index (χ0) is 27.7. The maximum absolute atomic E-state index is 6.75. The Morgan fingerprint density at radius 1 is 1.10 bits per heavy atom. The first-order valence-electron chi connectivity index (χ1n) is 13.6. The first-order chi connectivity index (χ1) is 19.4. The first-order valence-corrected chi connectivity index (χ1v) is 14.8. The van der Waals surface area contributed by atoms with Crippen molar-refractivity contribution < 1.29 is 9.47 Å². The smallest absolute Gasteiger partial charge is 0.227 e. The summed E-state index contributed by atoms with van der Waals surface area (Å²) < 4.78 is 11.3. The second-order valence-corrected chi connectivity index (χ2v) is 12.1. The van der Waals surface area contributed by atoms with Crippen LogP contribution in [0.5, 0.6) is 0 Å². The monoisotopic (exact) mass is 583 g/mol. The third kappa shape index (κ3) is 5.55. The molecule has 6 heterocycles. The highest BCUT2D eigenvalue weighted by molar-refractivity contribution is 7.99. The number of hydrogen-bond donors (Lipinski definition) is 2. The molecule has 0 unspecified atom stereocenters. The summed E-state index contributed by atoms with van der Waals surface area (Å²) in [4.78, 5) is 28.1. The van der Waals surface area contributed by atoms with Gasteiger partial charge in [-0.15, -0.1) is 0 Å². The van der Waals surface area contributed by atoms with E-state index in [4.69, 9.17) is 31.8 Å². The Kier molecular flexibility index (Phi) is 7.95. The van der Waals surface area contributed by atoms with E-state index in [0.717, 1.165) is 67.8 Å². The maximum Gasteiger partial charge on any atom is 0.227 e. The van der Waals surface area contributed by atoms with Crippen molar-refractivity contribution in [2.75, 3.05) is 55.0 Å². The van der Waals surface area contributed by atoms with E-state index in [0.29, 0.717) is 22.6 Å². The number of ether oxygens (including phenoxy) is 2. The SMILES string of the molecule is CO[C@H]1CCN(c2nccc(Nc3nccc(Sc4cnc(N5CCC6(CC5)CO[C@@H](C)[C@H]6N)cn4)c3Cl)n2)C1. The van der Waals surface area contributed by atoms with Crippen LogP contribution >= 0.6 is 23.4 Å².